The number of benzene rings is 2. The first kappa shape index (κ1) is 22.0. The van der Waals surface area contributed by atoms with Gasteiger partial charge in [0.25, 0.3) is 11.8 Å². The van der Waals surface area contributed by atoms with Crippen LogP contribution in [0.15, 0.2) is 87.6 Å². The lowest BCUT2D eigenvalue weighted by atomic mass is 10.1. The largest absolute Gasteiger partial charge is 0.480 e. The number of rotatable bonds is 8. The lowest BCUT2D eigenvalue weighted by molar-refractivity contribution is -0.141. The maximum absolute atomic E-state index is 12.9. The van der Waals surface area contributed by atoms with Gasteiger partial charge in [-0.3, -0.25) is 9.59 Å². The van der Waals surface area contributed by atoms with Crippen LogP contribution in [-0.4, -0.2) is 28.9 Å². The van der Waals surface area contributed by atoms with Crippen molar-refractivity contribution in [2.75, 3.05) is 0 Å². The topological polar surface area (TPSA) is 109 Å². The molecule has 1 atom stereocenters. The number of carboxylic acid groups (broad SMARTS) is 1. The zero-order chi connectivity index (χ0) is 22.2. The van der Waals surface area contributed by atoms with Crippen molar-refractivity contribution < 1.29 is 23.9 Å². The number of halogens is 1. The summed E-state index contributed by atoms with van der Waals surface area (Å²) in [5.74, 6) is -2.12. The third kappa shape index (κ3) is 6.42. The molecule has 31 heavy (non-hydrogen) atoms. The van der Waals surface area contributed by atoms with E-state index in [9.17, 15) is 19.5 Å². The molecule has 0 aliphatic heterocycles. The highest BCUT2D eigenvalue weighted by Gasteiger charge is 2.23. The number of carboxylic acids is 1. The zero-order valence-corrected chi connectivity index (χ0v) is 17.8. The Labute approximate surface area is 186 Å². The van der Waals surface area contributed by atoms with Crippen molar-refractivity contribution in [2.45, 2.75) is 12.5 Å². The number of aliphatic carboxylic acids is 1. The minimum atomic E-state index is -1.19. The van der Waals surface area contributed by atoms with E-state index in [1.54, 1.807) is 60.7 Å². The summed E-state index contributed by atoms with van der Waals surface area (Å²) in [6, 6.07) is 17.6. The van der Waals surface area contributed by atoms with E-state index in [4.69, 9.17) is 4.42 Å². The molecular formula is C23H19BrN2O5. The SMILES string of the molecule is O=C(N[C@H](Cc1ccccc1)C(=O)O)/C(=C\c1ccco1)NC(=O)c1ccc(Br)cc1. The molecule has 0 fully saturated rings. The van der Waals surface area contributed by atoms with Gasteiger partial charge in [-0.15, -0.1) is 0 Å². The summed E-state index contributed by atoms with van der Waals surface area (Å²) in [5, 5.41) is 14.6. The number of nitrogens with one attached hydrogen (secondary N) is 2. The fraction of sp³-hybridized carbons (Fsp3) is 0.0870. The van der Waals surface area contributed by atoms with Crippen LogP contribution >= 0.6 is 15.9 Å². The van der Waals surface area contributed by atoms with Crippen LogP contribution in [0, 0.1) is 0 Å². The van der Waals surface area contributed by atoms with Crippen LogP contribution < -0.4 is 10.6 Å². The third-order valence-electron chi connectivity index (χ3n) is 4.32. The highest BCUT2D eigenvalue weighted by Crippen LogP contribution is 2.12. The zero-order valence-electron chi connectivity index (χ0n) is 16.2. The monoisotopic (exact) mass is 482 g/mol. The summed E-state index contributed by atoms with van der Waals surface area (Å²) in [7, 11) is 0. The van der Waals surface area contributed by atoms with E-state index in [2.05, 4.69) is 26.6 Å². The van der Waals surface area contributed by atoms with Crippen molar-refractivity contribution >= 4 is 39.8 Å². The molecule has 8 heteroatoms. The number of furan rings is 1. The summed E-state index contributed by atoms with van der Waals surface area (Å²) in [4.78, 5) is 37.2. The minimum absolute atomic E-state index is 0.0939. The van der Waals surface area contributed by atoms with E-state index in [1.165, 1.54) is 12.3 Å². The Morgan fingerprint density at radius 3 is 2.32 bits per heavy atom. The molecule has 3 aromatic rings. The molecular weight excluding hydrogens is 464 g/mol. The Hall–Kier alpha value is -3.65. The van der Waals surface area contributed by atoms with Gasteiger partial charge < -0.3 is 20.2 Å². The molecule has 3 rings (SSSR count). The predicted molar refractivity (Wildman–Crippen MR) is 118 cm³/mol. The van der Waals surface area contributed by atoms with Gasteiger partial charge in [-0.1, -0.05) is 46.3 Å². The molecule has 0 radical (unpaired) electrons. The van der Waals surface area contributed by atoms with E-state index < -0.39 is 23.8 Å². The van der Waals surface area contributed by atoms with Crippen LogP contribution in [0.2, 0.25) is 0 Å². The van der Waals surface area contributed by atoms with Gasteiger partial charge in [0.15, 0.2) is 0 Å². The van der Waals surface area contributed by atoms with Crippen LogP contribution in [-0.2, 0) is 16.0 Å². The first-order valence-electron chi connectivity index (χ1n) is 9.32. The van der Waals surface area contributed by atoms with Gasteiger partial charge in [0.05, 0.1) is 6.26 Å². The maximum Gasteiger partial charge on any atom is 0.326 e. The summed E-state index contributed by atoms with van der Waals surface area (Å²) >= 11 is 3.30. The molecule has 0 aliphatic carbocycles. The maximum atomic E-state index is 12.9. The smallest absolute Gasteiger partial charge is 0.326 e. The molecule has 0 aliphatic rings. The van der Waals surface area contributed by atoms with Gasteiger partial charge in [-0.05, 0) is 42.0 Å². The molecule has 0 saturated heterocycles. The normalized spacial score (nSPS) is 12.1. The van der Waals surface area contributed by atoms with Crippen LogP contribution in [0.5, 0.6) is 0 Å². The van der Waals surface area contributed by atoms with Crippen LogP contribution in [0.1, 0.15) is 21.7 Å². The number of hydrogen-bond donors (Lipinski definition) is 3. The van der Waals surface area contributed by atoms with Crippen LogP contribution in [0.4, 0.5) is 0 Å². The predicted octanol–water partition coefficient (Wildman–Crippen LogP) is 3.63. The summed E-state index contributed by atoms with van der Waals surface area (Å²) < 4.78 is 6.04. The Bertz CT molecular complexity index is 1080. The molecule has 0 bridgehead atoms. The highest BCUT2D eigenvalue weighted by molar-refractivity contribution is 9.10. The molecule has 3 N–H and O–H groups in total. The average Bonchev–Trinajstić information content (AvgIpc) is 3.27. The van der Waals surface area contributed by atoms with Crippen molar-refractivity contribution in [1.29, 1.82) is 0 Å². The lowest BCUT2D eigenvalue weighted by Gasteiger charge is -2.16. The first-order valence-corrected chi connectivity index (χ1v) is 10.1. The number of amides is 2. The fourth-order valence-electron chi connectivity index (χ4n) is 2.76. The molecule has 7 nitrogen and oxygen atoms in total. The van der Waals surface area contributed by atoms with Gasteiger partial charge in [0.2, 0.25) is 0 Å². The molecule has 0 saturated carbocycles. The lowest BCUT2D eigenvalue weighted by Crippen LogP contribution is -2.45. The quantitative estimate of drug-likeness (QED) is 0.424. The summed E-state index contributed by atoms with van der Waals surface area (Å²) in [5.41, 5.74) is 0.952. The Morgan fingerprint density at radius 1 is 1.00 bits per heavy atom. The molecule has 0 unspecified atom stereocenters. The Kier molecular flexibility index (Phi) is 7.40. The second kappa shape index (κ2) is 10.4. The standard InChI is InChI=1S/C23H19BrN2O5/c24-17-10-8-16(9-11-17)21(27)25-19(14-18-7-4-12-31-18)22(28)26-20(23(29)30)13-15-5-2-1-3-6-15/h1-12,14,20H,13H2,(H,25,27)(H,26,28)(H,29,30)/b19-14+/t20-/m1/s1. The summed E-state index contributed by atoms with van der Waals surface area (Å²) in [6.07, 6.45) is 2.86. The van der Waals surface area contributed by atoms with Gasteiger partial charge in [-0.25, -0.2) is 4.79 Å². The molecule has 0 spiro atoms. The number of carbonyl (C=O) groups is 3. The highest BCUT2D eigenvalue weighted by atomic mass is 79.9. The average molecular weight is 483 g/mol. The van der Waals surface area contributed by atoms with Crippen molar-refractivity contribution in [1.82, 2.24) is 10.6 Å². The van der Waals surface area contributed by atoms with Crippen LogP contribution in [0.25, 0.3) is 6.08 Å². The van der Waals surface area contributed by atoms with Crippen molar-refractivity contribution in [2.24, 2.45) is 0 Å². The second-order valence-electron chi connectivity index (χ2n) is 6.59. The molecule has 158 valence electrons. The van der Waals surface area contributed by atoms with Gasteiger partial charge in [0.1, 0.15) is 17.5 Å². The number of hydrogen-bond acceptors (Lipinski definition) is 4. The molecule has 2 amide bonds. The fourth-order valence-corrected chi connectivity index (χ4v) is 3.02. The van der Waals surface area contributed by atoms with Gasteiger partial charge >= 0.3 is 5.97 Å². The second-order valence-corrected chi connectivity index (χ2v) is 7.50. The third-order valence-corrected chi connectivity index (χ3v) is 4.84. The Balaban J connectivity index is 1.80. The van der Waals surface area contributed by atoms with Gasteiger partial charge in [0, 0.05) is 22.5 Å². The van der Waals surface area contributed by atoms with E-state index in [1.807, 2.05) is 6.07 Å². The van der Waals surface area contributed by atoms with Gasteiger partial charge in [-0.2, -0.15) is 0 Å². The van der Waals surface area contributed by atoms with E-state index in [0.717, 1.165) is 10.0 Å². The van der Waals surface area contributed by atoms with E-state index in [-0.39, 0.29) is 12.1 Å². The molecule has 1 aromatic heterocycles. The van der Waals surface area contributed by atoms with Crippen molar-refractivity contribution in [3.8, 4) is 0 Å². The van der Waals surface area contributed by atoms with Crippen molar-refractivity contribution in [3.05, 3.63) is 100 Å². The van der Waals surface area contributed by atoms with E-state index in [0.29, 0.717) is 11.3 Å². The molecule has 1 heterocycles. The minimum Gasteiger partial charge on any atom is -0.480 e. The van der Waals surface area contributed by atoms with Crippen molar-refractivity contribution in [3.63, 3.8) is 0 Å². The number of carbonyl (C=O) groups excluding carboxylic acids is 2. The first-order chi connectivity index (χ1) is 14.9. The Morgan fingerprint density at radius 2 is 1.71 bits per heavy atom. The molecule has 2 aromatic carbocycles. The van der Waals surface area contributed by atoms with Crippen LogP contribution in [0.3, 0.4) is 0 Å². The summed E-state index contributed by atoms with van der Waals surface area (Å²) in [6.45, 7) is 0. The van der Waals surface area contributed by atoms with E-state index >= 15 is 0 Å².